The lowest BCUT2D eigenvalue weighted by Crippen LogP contribution is -2.32. The normalized spacial score (nSPS) is 17.9. The first-order valence-electron chi connectivity index (χ1n) is 7.63. The van der Waals surface area contributed by atoms with Crippen LogP contribution in [0.1, 0.15) is 64.7 Å². The number of carboxylic acid groups (broad SMARTS) is 1. The van der Waals surface area contributed by atoms with Gasteiger partial charge in [-0.2, -0.15) is 0 Å². The molecule has 1 aliphatic carbocycles. The lowest BCUT2D eigenvalue weighted by atomic mass is 9.86. The zero-order valence-electron chi connectivity index (χ0n) is 12.0. The number of hydrogen-bond donors (Lipinski definition) is 2. The molecule has 1 saturated carbocycles. The zero-order chi connectivity index (χ0) is 14.1. The number of carbonyl (C=O) groups excluding carboxylic acids is 1. The first-order valence-corrected chi connectivity index (χ1v) is 7.63. The maximum Gasteiger partial charge on any atom is 0.308 e. The molecule has 4 heteroatoms. The van der Waals surface area contributed by atoms with Crippen molar-refractivity contribution in [2.24, 2.45) is 11.8 Å². The third-order valence-corrected chi connectivity index (χ3v) is 4.13. The molecular formula is C15H27NO3. The van der Waals surface area contributed by atoms with E-state index < -0.39 is 11.9 Å². The van der Waals surface area contributed by atoms with Crippen molar-refractivity contribution in [2.45, 2.75) is 64.7 Å². The van der Waals surface area contributed by atoms with E-state index in [-0.39, 0.29) is 12.5 Å². The van der Waals surface area contributed by atoms with Crippen LogP contribution in [-0.2, 0) is 9.59 Å². The predicted molar refractivity (Wildman–Crippen MR) is 74.9 cm³/mol. The number of amides is 1. The molecule has 110 valence electrons. The average molecular weight is 269 g/mol. The van der Waals surface area contributed by atoms with Gasteiger partial charge in [0, 0.05) is 13.0 Å². The van der Waals surface area contributed by atoms with Crippen molar-refractivity contribution in [3.63, 3.8) is 0 Å². The Balaban J connectivity index is 2.08. The summed E-state index contributed by atoms with van der Waals surface area (Å²) >= 11 is 0. The standard InChI is InChI=1S/C15H27NO3/c1-2-13(15(18)19)11-16-14(17)10-6-9-12-7-4-3-5-8-12/h12-13H,2-11H2,1H3,(H,16,17)(H,18,19). The summed E-state index contributed by atoms with van der Waals surface area (Å²) < 4.78 is 0. The lowest BCUT2D eigenvalue weighted by Gasteiger charge is -2.21. The molecule has 1 aliphatic rings. The van der Waals surface area contributed by atoms with E-state index in [1.54, 1.807) is 0 Å². The molecule has 19 heavy (non-hydrogen) atoms. The first kappa shape index (κ1) is 16.0. The van der Waals surface area contributed by atoms with Gasteiger partial charge in [-0.3, -0.25) is 9.59 Å². The number of rotatable bonds is 8. The summed E-state index contributed by atoms with van der Waals surface area (Å²) in [4.78, 5) is 22.4. The molecule has 1 atom stereocenters. The van der Waals surface area contributed by atoms with Crippen molar-refractivity contribution >= 4 is 11.9 Å². The van der Waals surface area contributed by atoms with Gasteiger partial charge < -0.3 is 10.4 Å². The first-order chi connectivity index (χ1) is 9.13. The quantitative estimate of drug-likeness (QED) is 0.712. The highest BCUT2D eigenvalue weighted by molar-refractivity contribution is 5.77. The molecule has 0 bridgehead atoms. The van der Waals surface area contributed by atoms with Crippen LogP contribution in [0, 0.1) is 11.8 Å². The van der Waals surface area contributed by atoms with Crippen LogP contribution in [0.25, 0.3) is 0 Å². The molecule has 2 N–H and O–H groups in total. The van der Waals surface area contributed by atoms with E-state index in [9.17, 15) is 9.59 Å². The fourth-order valence-electron chi connectivity index (χ4n) is 2.76. The summed E-state index contributed by atoms with van der Waals surface area (Å²) in [5.41, 5.74) is 0. The second kappa shape index (κ2) is 8.94. The molecule has 0 aromatic rings. The summed E-state index contributed by atoms with van der Waals surface area (Å²) in [6.07, 6.45) is 9.84. The third kappa shape index (κ3) is 6.60. The van der Waals surface area contributed by atoms with Gasteiger partial charge in [-0.1, -0.05) is 39.0 Å². The van der Waals surface area contributed by atoms with Crippen LogP contribution >= 0.6 is 0 Å². The maximum absolute atomic E-state index is 11.6. The van der Waals surface area contributed by atoms with E-state index in [1.807, 2.05) is 6.92 Å². The summed E-state index contributed by atoms with van der Waals surface area (Å²) in [7, 11) is 0. The molecule has 4 nitrogen and oxygen atoms in total. The molecule has 0 spiro atoms. The number of aliphatic carboxylic acids is 1. The molecule has 0 saturated heterocycles. The van der Waals surface area contributed by atoms with Gasteiger partial charge in [-0.15, -0.1) is 0 Å². The van der Waals surface area contributed by atoms with Gasteiger partial charge in [-0.05, 0) is 25.2 Å². The third-order valence-electron chi connectivity index (χ3n) is 4.13. The molecule has 0 aromatic heterocycles. The molecule has 1 unspecified atom stereocenters. The molecule has 1 amide bonds. The Kier molecular flexibility index (Phi) is 7.53. The Hall–Kier alpha value is -1.06. The van der Waals surface area contributed by atoms with E-state index in [4.69, 9.17) is 5.11 Å². The van der Waals surface area contributed by atoms with Gasteiger partial charge in [-0.25, -0.2) is 0 Å². The van der Waals surface area contributed by atoms with Crippen LogP contribution in [0.3, 0.4) is 0 Å². The molecule has 1 fully saturated rings. The maximum atomic E-state index is 11.6. The predicted octanol–water partition coefficient (Wildman–Crippen LogP) is 2.96. The van der Waals surface area contributed by atoms with Crippen molar-refractivity contribution in [3.05, 3.63) is 0 Å². The molecule has 0 aliphatic heterocycles. The highest BCUT2D eigenvalue weighted by Gasteiger charge is 2.16. The van der Waals surface area contributed by atoms with Crippen LogP contribution in [0.4, 0.5) is 0 Å². The average Bonchev–Trinajstić information content (AvgIpc) is 2.40. The largest absolute Gasteiger partial charge is 0.481 e. The number of carbonyl (C=O) groups is 2. The number of carboxylic acids is 1. The lowest BCUT2D eigenvalue weighted by molar-refractivity contribution is -0.141. The van der Waals surface area contributed by atoms with Crippen molar-refractivity contribution in [2.75, 3.05) is 6.54 Å². The van der Waals surface area contributed by atoms with Crippen molar-refractivity contribution in [1.29, 1.82) is 0 Å². The van der Waals surface area contributed by atoms with Gasteiger partial charge in [0.2, 0.25) is 5.91 Å². The van der Waals surface area contributed by atoms with Crippen LogP contribution in [0.15, 0.2) is 0 Å². The number of hydrogen-bond acceptors (Lipinski definition) is 2. The van der Waals surface area contributed by atoms with Gasteiger partial charge in [0.05, 0.1) is 5.92 Å². The molecule has 0 radical (unpaired) electrons. The second-order valence-electron chi connectivity index (χ2n) is 5.64. The van der Waals surface area contributed by atoms with Crippen LogP contribution in [0.5, 0.6) is 0 Å². The van der Waals surface area contributed by atoms with Crippen molar-refractivity contribution < 1.29 is 14.7 Å². The second-order valence-corrected chi connectivity index (χ2v) is 5.64. The highest BCUT2D eigenvalue weighted by atomic mass is 16.4. The Morgan fingerprint density at radius 3 is 2.53 bits per heavy atom. The minimum absolute atomic E-state index is 0.00416. The summed E-state index contributed by atoms with van der Waals surface area (Å²) in [5, 5.41) is 11.6. The van der Waals surface area contributed by atoms with Crippen LogP contribution in [0.2, 0.25) is 0 Å². The number of nitrogens with one attached hydrogen (secondary N) is 1. The van der Waals surface area contributed by atoms with E-state index >= 15 is 0 Å². The van der Waals surface area contributed by atoms with E-state index in [0.29, 0.717) is 12.8 Å². The fourth-order valence-corrected chi connectivity index (χ4v) is 2.76. The van der Waals surface area contributed by atoms with E-state index in [1.165, 1.54) is 32.1 Å². The van der Waals surface area contributed by atoms with Crippen LogP contribution in [-0.4, -0.2) is 23.5 Å². The monoisotopic (exact) mass is 269 g/mol. The minimum atomic E-state index is -0.829. The summed E-state index contributed by atoms with van der Waals surface area (Å²) in [6.45, 7) is 2.09. The molecule has 1 rings (SSSR count). The topological polar surface area (TPSA) is 66.4 Å². The summed E-state index contributed by atoms with van der Waals surface area (Å²) in [6, 6.07) is 0. The molecular weight excluding hydrogens is 242 g/mol. The van der Waals surface area contributed by atoms with Crippen molar-refractivity contribution in [1.82, 2.24) is 5.32 Å². The van der Waals surface area contributed by atoms with Gasteiger partial charge in [0.15, 0.2) is 0 Å². The Labute approximate surface area is 116 Å². The molecule has 0 aromatic carbocycles. The van der Waals surface area contributed by atoms with Gasteiger partial charge in [0.25, 0.3) is 0 Å². The van der Waals surface area contributed by atoms with Gasteiger partial charge in [0.1, 0.15) is 0 Å². The van der Waals surface area contributed by atoms with Crippen LogP contribution < -0.4 is 5.32 Å². The fraction of sp³-hybridized carbons (Fsp3) is 0.867. The summed E-state index contributed by atoms with van der Waals surface area (Å²) in [5.74, 6) is -0.480. The van der Waals surface area contributed by atoms with E-state index in [0.717, 1.165) is 18.8 Å². The Bertz CT molecular complexity index is 285. The van der Waals surface area contributed by atoms with Crippen molar-refractivity contribution in [3.8, 4) is 0 Å². The smallest absolute Gasteiger partial charge is 0.308 e. The van der Waals surface area contributed by atoms with E-state index in [2.05, 4.69) is 5.32 Å². The SMILES string of the molecule is CCC(CNC(=O)CCCC1CCCCC1)C(=O)O. The Morgan fingerprint density at radius 1 is 1.26 bits per heavy atom. The van der Waals surface area contributed by atoms with Gasteiger partial charge >= 0.3 is 5.97 Å². The Morgan fingerprint density at radius 2 is 1.95 bits per heavy atom. The molecule has 0 heterocycles. The highest BCUT2D eigenvalue weighted by Crippen LogP contribution is 2.27. The minimum Gasteiger partial charge on any atom is -0.481 e. The zero-order valence-corrected chi connectivity index (χ0v) is 12.0.